The monoisotopic (exact) mass is 369 g/mol. The minimum atomic E-state index is -3.76. The van der Waals surface area contributed by atoms with Gasteiger partial charge in [0.25, 0.3) is 0 Å². The molecule has 23 heavy (non-hydrogen) atoms. The predicted molar refractivity (Wildman–Crippen MR) is 91.3 cm³/mol. The lowest BCUT2D eigenvalue weighted by atomic mass is 10.1. The van der Waals surface area contributed by atoms with Gasteiger partial charge in [-0.05, 0) is 30.7 Å². The second-order valence-electron chi connectivity index (χ2n) is 5.06. The van der Waals surface area contributed by atoms with Crippen molar-refractivity contribution in [3.05, 3.63) is 58.3 Å². The average molecular weight is 370 g/mol. The largest absolute Gasteiger partial charge is 0.345 e. The van der Waals surface area contributed by atoms with E-state index in [1.807, 2.05) is 0 Å². The summed E-state index contributed by atoms with van der Waals surface area (Å²) in [6, 6.07) is 8.12. The molecular formula is C15H13Cl2N3O2S. The zero-order chi connectivity index (χ0) is 16.6. The van der Waals surface area contributed by atoms with Crippen molar-refractivity contribution in [2.24, 2.45) is 0 Å². The third-order valence-corrected chi connectivity index (χ3v) is 5.61. The number of nitrogens with one attached hydrogen (secondary N) is 2. The predicted octanol–water partition coefficient (Wildman–Crippen LogP) is 3.91. The van der Waals surface area contributed by atoms with Crippen LogP contribution in [0.15, 0.2) is 47.6 Å². The molecule has 0 amide bonds. The van der Waals surface area contributed by atoms with Gasteiger partial charge in [-0.2, -0.15) is 0 Å². The van der Waals surface area contributed by atoms with E-state index >= 15 is 0 Å². The molecule has 0 spiro atoms. The standard InChI is InChI=1S/C15H13Cl2N3O2S/c1-9(10-2-4-11(16)5-3-10)20-23(21,22)13-8-19-15-14(13)12(17)6-7-18-15/h2-9,20H,1H3,(H,18,19)/t9-/m1/s1. The Balaban J connectivity index is 1.96. The number of nitrogens with zero attached hydrogens (tertiary/aromatic N) is 1. The number of aromatic amines is 1. The molecule has 0 aliphatic heterocycles. The molecule has 0 aliphatic rings. The Kier molecular flexibility index (Phi) is 4.33. The van der Waals surface area contributed by atoms with Crippen LogP contribution in [0, 0.1) is 0 Å². The smallest absolute Gasteiger partial charge is 0.243 e. The minimum absolute atomic E-state index is 0.0754. The first-order valence-corrected chi connectivity index (χ1v) is 9.02. The fraction of sp³-hybridized carbons (Fsp3) is 0.133. The molecule has 5 nitrogen and oxygen atoms in total. The fourth-order valence-electron chi connectivity index (χ4n) is 2.32. The first kappa shape index (κ1) is 16.3. The van der Waals surface area contributed by atoms with Crippen LogP contribution < -0.4 is 4.72 Å². The molecule has 0 bridgehead atoms. The van der Waals surface area contributed by atoms with E-state index in [1.165, 1.54) is 12.4 Å². The number of hydrogen-bond donors (Lipinski definition) is 2. The van der Waals surface area contributed by atoms with Crippen molar-refractivity contribution in [3.8, 4) is 0 Å². The topological polar surface area (TPSA) is 74.8 Å². The maximum Gasteiger partial charge on any atom is 0.243 e. The van der Waals surface area contributed by atoms with Crippen molar-refractivity contribution in [3.63, 3.8) is 0 Å². The zero-order valence-electron chi connectivity index (χ0n) is 12.0. The highest BCUT2D eigenvalue weighted by Gasteiger charge is 2.23. The van der Waals surface area contributed by atoms with E-state index in [0.717, 1.165) is 5.56 Å². The normalized spacial score (nSPS) is 13.3. The van der Waals surface area contributed by atoms with Gasteiger partial charge in [0.1, 0.15) is 10.5 Å². The van der Waals surface area contributed by atoms with E-state index in [1.54, 1.807) is 37.3 Å². The van der Waals surface area contributed by atoms with Gasteiger partial charge in [0.2, 0.25) is 10.0 Å². The number of hydrogen-bond acceptors (Lipinski definition) is 3. The number of fused-ring (bicyclic) bond motifs is 1. The molecule has 2 aromatic heterocycles. The third kappa shape index (κ3) is 3.21. The number of halogens is 2. The molecule has 8 heteroatoms. The summed E-state index contributed by atoms with van der Waals surface area (Å²) in [5.41, 5.74) is 1.24. The Labute approximate surface area is 143 Å². The lowest BCUT2D eigenvalue weighted by Crippen LogP contribution is -2.26. The summed E-state index contributed by atoms with van der Waals surface area (Å²) < 4.78 is 28.0. The zero-order valence-corrected chi connectivity index (χ0v) is 14.4. The summed E-state index contributed by atoms with van der Waals surface area (Å²) in [7, 11) is -3.76. The van der Waals surface area contributed by atoms with E-state index in [2.05, 4.69) is 14.7 Å². The molecule has 2 N–H and O–H groups in total. The molecule has 3 aromatic rings. The highest BCUT2D eigenvalue weighted by atomic mass is 35.5. The fourth-order valence-corrected chi connectivity index (χ4v) is 4.16. The highest BCUT2D eigenvalue weighted by molar-refractivity contribution is 7.89. The molecule has 1 atom stereocenters. The Morgan fingerprint density at radius 2 is 1.87 bits per heavy atom. The SMILES string of the molecule is C[C@@H](NS(=O)(=O)c1c[nH]c2nccc(Cl)c12)c1ccc(Cl)cc1. The molecule has 0 radical (unpaired) electrons. The molecule has 0 saturated heterocycles. The van der Waals surface area contributed by atoms with Crippen molar-refractivity contribution in [2.75, 3.05) is 0 Å². The second kappa shape index (κ2) is 6.13. The number of H-pyrrole nitrogens is 1. The van der Waals surface area contributed by atoms with E-state index in [-0.39, 0.29) is 4.90 Å². The van der Waals surface area contributed by atoms with E-state index in [9.17, 15) is 8.42 Å². The molecule has 120 valence electrons. The first-order chi connectivity index (χ1) is 10.9. The minimum Gasteiger partial charge on any atom is -0.345 e. The van der Waals surface area contributed by atoms with Gasteiger partial charge in [0, 0.05) is 23.5 Å². The van der Waals surface area contributed by atoms with Crippen LogP contribution in [-0.2, 0) is 10.0 Å². The lowest BCUT2D eigenvalue weighted by Gasteiger charge is -2.14. The van der Waals surface area contributed by atoms with E-state index < -0.39 is 16.1 Å². The molecule has 0 saturated carbocycles. The van der Waals surface area contributed by atoms with Gasteiger partial charge in [0.05, 0.1) is 10.4 Å². The van der Waals surface area contributed by atoms with Gasteiger partial charge in [-0.25, -0.2) is 18.1 Å². The maximum absolute atomic E-state index is 12.7. The number of benzene rings is 1. The molecule has 0 unspecified atom stereocenters. The van der Waals surface area contributed by atoms with Crippen LogP contribution in [0.25, 0.3) is 11.0 Å². The first-order valence-electron chi connectivity index (χ1n) is 6.78. The summed E-state index contributed by atoms with van der Waals surface area (Å²) >= 11 is 12.0. The second-order valence-corrected chi connectivity index (χ2v) is 7.59. The molecular weight excluding hydrogens is 357 g/mol. The lowest BCUT2D eigenvalue weighted by molar-refractivity contribution is 0.568. The Bertz CT molecular complexity index is 953. The molecule has 3 rings (SSSR count). The molecule has 0 fully saturated rings. The number of pyridine rings is 1. The van der Waals surface area contributed by atoms with Crippen molar-refractivity contribution >= 4 is 44.3 Å². The van der Waals surface area contributed by atoms with Gasteiger partial charge in [-0.3, -0.25) is 0 Å². The van der Waals surface area contributed by atoms with Crippen molar-refractivity contribution < 1.29 is 8.42 Å². The Morgan fingerprint density at radius 1 is 1.17 bits per heavy atom. The van der Waals surface area contributed by atoms with Crippen molar-refractivity contribution in [1.29, 1.82) is 0 Å². The Hall–Kier alpha value is -1.60. The summed E-state index contributed by atoms with van der Waals surface area (Å²) in [5.74, 6) is 0. The van der Waals surface area contributed by atoms with Crippen LogP contribution in [0.2, 0.25) is 10.0 Å². The Morgan fingerprint density at radius 3 is 2.57 bits per heavy atom. The van der Waals surface area contributed by atoms with Crippen LogP contribution in [0.3, 0.4) is 0 Å². The van der Waals surface area contributed by atoms with E-state index in [0.29, 0.717) is 21.1 Å². The van der Waals surface area contributed by atoms with Crippen molar-refractivity contribution in [2.45, 2.75) is 17.9 Å². The molecule has 1 aromatic carbocycles. The number of rotatable bonds is 4. The van der Waals surface area contributed by atoms with Crippen LogP contribution in [0.5, 0.6) is 0 Å². The van der Waals surface area contributed by atoms with Gasteiger partial charge < -0.3 is 4.98 Å². The third-order valence-electron chi connectivity index (χ3n) is 3.48. The van der Waals surface area contributed by atoms with Crippen LogP contribution in [-0.4, -0.2) is 18.4 Å². The van der Waals surface area contributed by atoms with Crippen LogP contribution in [0.4, 0.5) is 0 Å². The van der Waals surface area contributed by atoms with Gasteiger partial charge in [0.15, 0.2) is 0 Å². The summed E-state index contributed by atoms with van der Waals surface area (Å²) in [6.07, 6.45) is 2.90. The maximum atomic E-state index is 12.7. The van der Waals surface area contributed by atoms with Crippen LogP contribution >= 0.6 is 23.2 Å². The number of aromatic nitrogens is 2. The highest BCUT2D eigenvalue weighted by Crippen LogP contribution is 2.29. The average Bonchev–Trinajstić information content (AvgIpc) is 2.94. The van der Waals surface area contributed by atoms with Gasteiger partial charge in [-0.15, -0.1) is 0 Å². The number of sulfonamides is 1. The van der Waals surface area contributed by atoms with Crippen LogP contribution in [0.1, 0.15) is 18.5 Å². The van der Waals surface area contributed by atoms with E-state index in [4.69, 9.17) is 23.2 Å². The quantitative estimate of drug-likeness (QED) is 0.731. The summed E-state index contributed by atoms with van der Waals surface area (Å²) in [5, 5.41) is 1.30. The summed E-state index contributed by atoms with van der Waals surface area (Å²) in [4.78, 5) is 6.98. The molecule has 0 aliphatic carbocycles. The van der Waals surface area contributed by atoms with Crippen molar-refractivity contribution in [1.82, 2.24) is 14.7 Å². The summed E-state index contributed by atoms with van der Waals surface area (Å²) in [6.45, 7) is 1.76. The van der Waals surface area contributed by atoms with Gasteiger partial charge >= 0.3 is 0 Å². The molecule has 2 heterocycles. The van der Waals surface area contributed by atoms with Gasteiger partial charge in [-0.1, -0.05) is 35.3 Å².